The van der Waals surface area contributed by atoms with Gasteiger partial charge in [0, 0.05) is 12.1 Å². The third kappa shape index (κ3) is 3.40. The Balaban J connectivity index is 0.00000196. The molecule has 2 nitrogen and oxygen atoms in total. The van der Waals surface area contributed by atoms with E-state index in [1.165, 1.54) is 5.56 Å². The van der Waals surface area contributed by atoms with Crippen LogP contribution >= 0.6 is 12.4 Å². The lowest BCUT2D eigenvalue weighted by molar-refractivity contribution is 0.467. The second-order valence-corrected chi connectivity index (χ2v) is 3.61. The summed E-state index contributed by atoms with van der Waals surface area (Å²) in [6.45, 7) is 4.77. The number of benzene rings is 1. The number of aromatic hydroxyl groups is 1. The van der Waals surface area contributed by atoms with Crippen molar-refractivity contribution in [2.45, 2.75) is 39.2 Å². The van der Waals surface area contributed by atoms with Gasteiger partial charge in [0.1, 0.15) is 5.75 Å². The molecule has 0 fully saturated rings. The number of rotatable bonds is 4. The van der Waals surface area contributed by atoms with E-state index in [0.29, 0.717) is 18.2 Å². The molecule has 0 saturated carbocycles. The van der Waals surface area contributed by atoms with Gasteiger partial charge >= 0.3 is 0 Å². The van der Waals surface area contributed by atoms with E-state index < -0.39 is 0 Å². The van der Waals surface area contributed by atoms with Crippen molar-refractivity contribution >= 4 is 12.4 Å². The first-order chi connectivity index (χ1) is 6.72. The fourth-order valence-electron chi connectivity index (χ4n) is 1.78. The highest BCUT2D eigenvalue weighted by molar-refractivity contribution is 5.85. The summed E-state index contributed by atoms with van der Waals surface area (Å²) in [5.41, 5.74) is 7.67. The van der Waals surface area contributed by atoms with Crippen LogP contribution in [0.2, 0.25) is 0 Å². The molecule has 0 aliphatic carbocycles. The highest BCUT2D eigenvalue weighted by Crippen LogP contribution is 2.27. The van der Waals surface area contributed by atoms with Crippen molar-refractivity contribution in [3.05, 3.63) is 29.3 Å². The normalized spacial score (nSPS) is 10.1. The summed E-state index contributed by atoms with van der Waals surface area (Å²) in [7, 11) is 0. The van der Waals surface area contributed by atoms with Crippen LogP contribution in [0.15, 0.2) is 18.2 Å². The summed E-state index contributed by atoms with van der Waals surface area (Å²) in [6, 6.07) is 5.76. The Hall–Kier alpha value is -0.730. The van der Waals surface area contributed by atoms with Crippen LogP contribution in [0.4, 0.5) is 0 Å². The Morgan fingerprint density at radius 2 is 1.87 bits per heavy atom. The van der Waals surface area contributed by atoms with Crippen molar-refractivity contribution in [2.75, 3.05) is 0 Å². The molecule has 3 heteroatoms. The van der Waals surface area contributed by atoms with Crippen LogP contribution in [0, 0.1) is 0 Å². The summed E-state index contributed by atoms with van der Waals surface area (Å²) in [5, 5.41) is 9.48. The van der Waals surface area contributed by atoms with E-state index in [1.807, 2.05) is 12.1 Å². The zero-order valence-electron chi connectivity index (χ0n) is 9.36. The number of phenols is 1. The Morgan fingerprint density at radius 3 is 2.33 bits per heavy atom. The van der Waals surface area contributed by atoms with Crippen molar-refractivity contribution in [3.63, 3.8) is 0 Å². The number of hydrogen-bond acceptors (Lipinski definition) is 2. The molecule has 15 heavy (non-hydrogen) atoms. The van der Waals surface area contributed by atoms with Crippen molar-refractivity contribution in [1.29, 1.82) is 0 Å². The lowest BCUT2D eigenvalue weighted by Gasteiger charge is -2.14. The van der Waals surface area contributed by atoms with Crippen molar-refractivity contribution in [3.8, 4) is 5.75 Å². The zero-order valence-corrected chi connectivity index (χ0v) is 10.2. The average molecular weight is 230 g/mol. The van der Waals surface area contributed by atoms with Crippen LogP contribution in [0.3, 0.4) is 0 Å². The fourth-order valence-corrected chi connectivity index (χ4v) is 1.78. The summed E-state index contributed by atoms with van der Waals surface area (Å²) in [6.07, 6.45) is 2.26. The second kappa shape index (κ2) is 6.70. The number of halogens is 1. The molecular formula is C12H20ClNO. The predicted octanol–water partition coefficient (Wildman–Crippen LogP) is 3.18. The van der Waals surface area contributed by atoms with Gasteiger partial charge in [-0.15, -0.1) is 12.4 Å². The molecule has 1 rings (SSSR count). The Labute approximate surface area is 97.9 Å². The third-order valence-electron chi connectivity index (χ3n) is 2.78. The van der Waals surface area contributed by atoms with E-state index in [-0.39, 0.29) is 12.4 Å². The lowest BCUT2D eigenvalue weighted by atomic mass is 9.92. The Bertz CT molecular complexity index is 298. The van der Waals surface area contributed by atoms with Gasteiger partial charge in [-0.1, -0.05) is 26.0 Å². The maximum absolute atomic E-state index is 9.48. The van der Waals surface area contributed by atoms with Gasteiger partial charge in [0.25, 0.3) is 0 Å². The minimum absolute atomic E-state index is 0. The first-order valence-electron chi connectivity index (χ1n) is 5.24. The Morgan fingerprint density at radius 1 is 1.27 bits per heavy atom. The van der Waals surface area contributed by atoms with Gasteiger partial charge in [-0.2, -0.15) is 0 Å². The smallest absolute Gasteiger partial charge is 0.120 e. The van der Waals surface area contributed by atoms with Crippen LogP contribution in [0.1, 0.15) is 43.7 Å². The molecule has 0 radical (unpaired) electrons. The summed E-state index contributed by atoms with van der Waals surface area (Å²) >= 11 is 0. The number of nitrogens with two attached hydrogens (primary N) is 1. The molecule has 0 aliphatic rings. The van der Waals surface area contributed by atoms with Gasteiger partial charge in [-0.3, -0.25) is 0 Å². The summed E-state index contributed by atoms with van der Waals surface area (Å²) in [5.74, 6) is 0.892. The molecule has 0 aromatic heterocycles. The molecule has 0 aliphatic heterocycles. The standard InChI is InChI=1S/C12H19NO.ClH/c1-3-9(4-2)10-5-6-12(14)11(7-10)8-13;/h5-7,9,14H,3-4,8,13H2,1-2H3;1H. The molecule has 0 amide bonds. The van der Waals surface area contributed by atoms with E-state index in [4.69, 9.17) is 5.73 Å². The zero-order chi connectivity index (χ0) is 10.6. The second-order valence-electron chi connectivity index (χ2n) is 3.61. The monoisotopic (exact) mass is 229 g/mol. The molecule has 0 saturated heterocycles. The molecular weight excluding hydrogens is 210 g/mol. The van der Waals surface area contributed by atoms with Crippen LogP contribution in [-0.4, -0.2) is 5.11 Å². The summed E-state index contributed by atoms with van der Waals surface area (Å²) in [4.78, 5) is 0. The number of phenolic OH excluding ortho intramolecular Hbond substituents is 1. The maximum atomic E-state index is 9.48. The molecule has 0 spiro atoms. The Kier molecular flexibility index (Phi) is 6.37. The van der Waals surface area contributed by atoms with E-state index in [0.717, 1.165) is 18.4 Å². The molecule has 0 unspecified atom stereocenters. The van der Waals surface area contributed by atoms with Crippen LogP contribution in [0.25, 0.3) is 0 Å². The molecule has 1 aromatic rings. The predicted molar refractivity (Wildman–Crippen MR) is 66.6 cm³/mol. The lowest BCUT2D eigenvalue weighted by Crippen LogP contribution is -2.00. The fraction of sp³-hybridized carbons (Fsp3) is 0.500. The van der Waals surface area contributed by atoms with Crippen LogP contribution < -0.4 is 5.73 Å². The van der Waals surface area contributed by atoms with E-state index in [9.17, 15) is 5.11 Å². The SMILES string of the molecule is CCC(CC)c1ccc(O)c(CN)c1.Cl. The van der Waals surface area contributed by atoms with Crippen molar-refractivity contribution < 1.29 is 5.11 Å². The summed E-state index contributed by atoms with van der Waals surface area (Å²) < 4.78 is 0. The van der Waals surface area contributed by atoms with Crippen LogP contribution in [0.5, 0.6) is 5.75 Å². The topological polar surface area (TPSA) is 46.2 Å². The minimum atomic E-state index is 0. The molecule has 0 atom stereocenters. The first kappa shape index (κ1) is 14.3. The van der Waals surface area contributed by atoms with Gasteiger partial charge in [0.05, 0.1) is 0 Å². The number of hydrogen-bond donors (Lipinski definition) is 2. The quantitative estimate of drug-likeness (QED) is 0.833. The molecule has 3 N–H and O–H groups in total. The van der Waals surface area contributed by atoms with Crippen molar-refractivity contribution in [2.24, 2.45) is 5.73 Å². The van der Waals surface area contributed by atoms with E-state index >= 15 is 0 Å². The highest BCUT2D eigenvalue weighted by Gasteiger charge is 2.08. The minimum Gasteiger partial charge on any atom is -0.508 e. The third-order valence-corrected chi connectivity index (χ3v) is 2.78. The van der Waals surface area contributed by atoms with Crippen molar-refractivity contribution in [1.82, 2.24) is 0 Å². The molecule has 1 aromatic carbocycles. The average Bonchev–Trinajstić information content (AvgIpc) is 2.22. The molecule has 86 valence electrons. The highest BCUT2D eigenvalue weighted by atomic mass is 35.5. The van der Waals surface area contributed by atoms with Gasteiger partial charge in [0.15, 0.2) is 0 Å². The van der Waals surface area contributed by atoms with Crippen LogP contribution in [-0.2, 0) is 6.54 Å². The van der Waals surface area contributed by atoms with E-state index in [1.54, 1.807) is 6.07 Å². The van der Waals surface area contributed by atoms with E-state index in [2.05, 4.69) is 13.8 Å². The first-order valence-corrected chi connectivity index (χ1v) is 5.24. The van der Waals surface area contributed by atoms with Gasteiger partial charge in [-0.25, -0.2) is 0 Å². The van der Waals surface area contributed by atoms with Gasteiger partial charge < -0.3 is 10.8 Å². The van der Waals surface area contributed by atoms with Gasteiger partial charge in [-0.05, 0) is 30.4 Å². The molecule has 0 bridgehead atoms. The maximum Gasteiger partial charge on any atom is 0.120 e. The largest absolute Gasteiger partial charge is 0.508 e. The molecule has 0 heterocycles. The van der Waals surface area contributed by atoms with Gasteiger partial charge in [0.2, 0.25) is 0 Å².